The summed E-state index contributed by atoms with van der Waals surface area (Å²) < 4.78 is 20.5. The Hall–Kier alpha value is -1.39. The molecule has 0 spiro atoms. The normalized spacial score (nSPS) is 12.2. The topological polar surface area (TPSA) is 21.3 Å². The number of halogens is 2. The van der Waals surface area contributed by atoms with Crippen LogP contribution in [-0.4, -0.2) is 14.2 Å². The van der Waals surface area contributed by atoms with Gasteiger partial charge in [-0.05, 0) is 43.3 Å². The van der Waals surface area contributed by atoms with Crippen LogP contribution in [-0.2, 0) is 0 Å². The molecule has 0 radical (unpaired) electrons. The van der Waals surface area contributed by atoms with E-state index in [0.29, 0.717) is 5.56 Å². The van der Waals surface area contributed by atoms with Crippen molar-refractivity contribution in [1.29, 1.82) is 0 Å². The molecule has 2 aromatic rings. The quantitative estimate of drug-likeness (QED) is 0.902. The summed E-state index contributed by atoms with van der Waals surface area (Å²) in [6.07, 6.45) is 0. The van der Waals surface area contributed by atoms with Gasteiger partial charge in [-0.25, -0.2) is 4.39 Å². The molecule has 20 heavy (non-hydrogen) atoms. The molecule has 2 aromatic carbocycles. The number of ether oxygens (including phenoxy) is 1. The van der Waals surface area contributed by atoms with Gasteiger partial charge >= 0.3 is 0 Å². The molecule has 1 unspecified atom stereocenters. The van der Waals surface area contributed by atoms with E-state index in [9.17, 15) is 4.39 Å². The van der Waals surface area contributed by atoms with Crippen molar-refractivity contribution >= 4 is 15.9 Å². The predicted molar refractivity (Wildman–Crippen MR) is 82.7 cm³/mol. The zero-order valence-electron chi connectivity index (χ0n) is 11.7. The van der Waals surface area contributed by atoms with Gasteiger partial charge in [0, 0.05) is 10.0 Å². The number of methoxy groups -OCH3 is 1. The Balaban J connectivity index is 2.55. The molecule has 0 bridgehead atoms. The molecule has 0 aliphatic carbocycles. The van der Waals surface area contributed by atoms with Gasteiger partial charge in [-0.3, -0.25) is 0 Å². The van der Waals surface area contributed by atoms with Crippen LogP contribution in [0.1, 0.15) is 22.7 Å². The van der Waals surface area contributed by atoms with Crippen molar-refractivity contribution in [2.75, 3.05) is 14.2 Å². The third-order valence-corrected chi connectivity index (χ3v) is 3.86. The van der Waals surface area contributed by atoms with E-state index in [0.717, 1.165) is 15.6 Å². The summed E-state index contributed by atoms with van der Waals surface area (Å²) in [6, 6.07) is 11.0. The minimum Gasteiger partial charge on any atom is -0.494 e. The lowest BCUT2D eigenvalue weighted by Gasteiger charge is -2.21. The molecule has 0 aliphatic heterocycles. The number of aryl methyl sites for hydroxylation is 1. The van der Waals surface area contributed by atoms with E-state index in [1.54, 1.807) is 18.2 Å². The molecule has 0 saturated carbocycles. The lowest BCUT2D eigenvalue weighted by atomic mass is 9.94. The lowest BCUT2D eigenvalue weighted by Crippen LogP contribution is -2.20. The number of rotatable bonds is 4. The molecular weight excluding hydrogens is 321 g/mol. The van der Waals surface area contributed by atoms with Gasteiger partial charge in [0.2, 0.25) is 0 Å². The molecule has 0 amide bonds. The summed E-state index contributed by atoms with van der Waals surface area (Å²) in [5.74, 6) is -0.0656. The van der Waals surface area contributed by atoms with E-state index in [1.165, 1.54) is 7.11 Å². The van der Waals surface area contributed by atoms with Crippen molar-refractivity contribution in [2.24, 2.45) is 0 Å². The molecule has 0 aromatic heterocycles. The zero-order chi connectivity index (χ0) is 14.7. The van der Waals surface area contributed by atoms with Gasteiger partial charge in [0.1, 0.15) is 0 Å². The highest BCUT2D eigenvalue weighted by atomic mass is 79.9. The monoisotopic (exact) mass is 337 g/mol. The van der Waals surface area contributed by atoms with E-state index < -0.39 is 0 Å². The van der Waals surface area contributed by atoms with Crippen molar-refractivity contribution in [3.63, 3.8) is 0 Å². The van der Waals surface area contributed by atoms with E-state index in [-0.39, 0.29) is 17.6 Å². The molecule has 2 rings (SSSR count). The second-order valence-corrected chi connectivity index (χ2v) is 5.50. The van der Waals surface area contributed by atoms with Crippen LogP contribution in [0.3, 0.4) is 0 Å². The Labute approximate surface area is 127 Å². The van der Waals surface area contributed by atoms with Crippen LogP contribution in [0.2, 0.25) is 0 Å². The first-order valence-corrected chi connectivity index (χ1v) is 7.13. The van der Waals surface area contributed by atoms with Gasteiger partial charge in [0.05, 0.1) is 13.2 Å². The van der Waals surface area contributed by atoms with Gasteiger partial charge in [0.15, 0.2) is 11.6 Å². The maximum atomic E-state index is 14.5. The summed E-state index contributed by atoms with van der Waals surface area (Å²) in [5, 5.41) is 3.18. The summed E-state index contributed by atoms with van der Waals surface area (Å²) >= 11 is 3.47. The molecule has 4 heteroatoms. The molecule has 0 fully saturated rings. The molecule has 0 aliphatic rings. The smallest absolute Gasteiger partial charge is 0.170 e. The Morgan fingerprint density at radius 3 is 2.60 bits per heavy atom. The maximum Gasteiger partial charge on any atom is 0.170 e. The van der Waals surface area contributed by atoms with E-state index >= 15 is 0 Å². The van der Waals surface area contributed by atoms with Gasteiger partial charge in [-0.2, -0.15) is 0 Å². The lowest BCUT2D eigenvalue weighted by molar-refractivity contribution is 0.382. The third-order valence-electron chi connectivity index (χ3n) is 3.37. The van der Waals surface area contributed by atoms with Gasteiger partial charge in [-0.1, -0.05) is 34.1 Å². The van der Waals surface area contributed by atoms with Gasteiger partial charge in [0.25, 0.3) is 0 Å². The van der Waals surface area contributed by atoms with Crippen LogP contribution in [0.15, 0.2) is 40.9 Å². The second-order valence-electron chi connectivity index (χ2n) is 4.59. The first kappa shape index (κ1) is 15.0. The third kappa shape index (κ3) is 2.86. The molecule has 106 valence electrons. The van der Waals surface area contributed by atoms with E-state index in [2.05, 4.69) is 21.2 Å². The summed E-state index contributed by atoms with van der Waals surface area (Å²) in [5.41, 5.74) is 2.72. The molecule has 0 saturated heterocycles. The molecule has 0 heterocycles. The van der Waals surface area contributed by atoms with Crippen molar-refractivity contribution in [1.82, 2.24) is 5.32 Å². The number of hydrogen-bond acceptors (Lipinski definition) is 2. The maximum absolute atomic E-state index is 14.5. The van der Waals surface area contributed by atoms with Crippen LogP contribution in [0, 0.1) is 12.7 Å². The van der Waals surface area contributed by atoms with Crippen LogP contribution in [0.25, 0.3) is 0 Å². The fourth-order valence-electron chi connectivity index (χ4n) is 2.31. The minimum atomic E-state index is -0.325. The Morgan fingerprint density at radius 1 is 1.20 bits per heavy atom. The van der Waals surface area contributed by atoms with Crippen molar-refractivity contribution in [2.45, 2.75) is 13.0 Å². The fourth-order valence-corrected chi connectivity index (χ4v) is 2.69. The summed E-state index contributed by atoms with van der Waals surface area (Å²) in [7, 11) is 3.30. The Morgan fingerprint density at radius 2 is 1.95 bits per heavy atom. The SMILES string of the molecule is CNC(c1cc(Br)ccc1C)c1cccc(OC)c1F. The fraction of sp³-hybridized carbons (Fsp3) is 0.250. The highest BCUT2D eigenvalue weighted by molar-refractivity contribution is 9.10. The molecular formula is C16H17BrFNO. The summed E-state index contributed by atoms with van der Waals surface area (Å²) in [6.45, 7) is 2.02. The van der Waals surface area contributed by atoms with Crippen LogP contribution >= 0.6 is 15.9 Å². The molecule has 1 atom stereocenters. The van der Waals surface area contributed by atoms with Gasteiger partial charge in [-0.15, -0.1) is 0 Å². The van der Waals surface area contributed by atoms with E-state index in [4.69, 9.17) is 4.74 Å². The predicted octanol–water partition coefficient (Wildman–Crippen LogP) is 4.21. The minimum absolute atomic E-state index is 0.220. The first-order valence-electron chi connectivity index (χ1n) is 6.34. The Kier molecular flexibility index (Phi) is 4.78. The summed E-state index contributed by atoms with van der Waals surface area (Å²) in [4.78, 5) is 0. The van der Waals surface area contributed by atoms with Crippen LogP contribution < -0.4 is 10.1 Å². The standard InChI is InChI=1S/C16H17BrFNO/c1-10-7-8-11(17)9-13(10)16(19-2)12-5-4-6-14(20-3)15(12)18/h4-9,16,19H,1-3H3. The number of hydrogen-bond donors (Lipinski definition) is 1. The number of benzene rings is 2. The molecule has 2 nitrogen and oxygen atoms in total. The van der Waals surface area contributed by atoms with E-state index in [1.807, 2.05) is 32.2 Å². The highest BCUT2D eigenvalue weighted by Gasteiger charge is 2.20. The van der Waals surface area contributed by atoms with Crippen LogP contribution in [0.4, 0.5) is 4.39 Å². The molecule has 1 N–H and O–H groups in total. The largest absolute Gasteiger partial charge is 0.494 e. The van der Waals surface area contributed by atoms with Gasteiger partial charge < -0.3 is 10.1 Å². The van der Waals surface area contributed by atoms with Crippen molar-refractivity contribution < 1.29 is 9.13 Å². The number of nitrogens with one attached hydrogen (secondary N) is 1. The van der Waals surface area contributed by atoms with Crippen molar-refractivity contribution in [3.8, 4) is 5.75 Å². The average molecular weight is 338 g/mol. The highest BCUT2D eigenvalue weighted by Crippen LogP contribution is 2.31. The first-order chi connectivity index (χ1) is 9.58. The second kappa shape index (κ2) is 6.37. The van der Waals surface area contributed by atoms with Crippen molar-refractivity contribution in [3.05, 3.63) is 63.4 Å². The zero-order valence-corrected chi connectivity index (χ0v) is 13.3. The van der Waals surface area contributed by atoms with Crippen LogP contribution in [0.5, 0.6) is 5.75 Å². The Bertz CT molecular complexity index is 615. The average Bonchev–Trinajstić information content (AvgIpc) is 2.45.